The molecule has 0 amide bonds. The maximum Gasteiger partial charge on any atom is 0.286 e. The molecule has 1 aliphatic rings. The topological polar surface area (TPSA) is 67.8 Å². The van der Waals surface area contributed by atoms with E-state index < -0.39 is 10.0 Å². The van der Waals surface area contributed by atoms with Crippen LogP contribution in [0.25, 0.3) is 0 Å². The number of nitrogens with zero attached hydrogens (tertiary/aromatic N) is 1. The average molecular weight is 461 g/mol. The third kappa shape index (κ3) is 3.65. The Kier molecular flexibility index (Phi) is 4.91. The highest BCUT2D eigenvalue weighted by atomic mass is 79.9. The first-order chi connectivity index (χ1) is 13.4. The third-order valence-corrected chi connectivity index (χ3v) is 6.13. The van der Waals surface area contributed by atoms with Crippen molar-refractivity contribution in [2.75, 3.05) is 5.32 Å². The number of sulfonamides is 1. The zero-order valence-electron chi connectivity index (χ0n) is 14.4. The van der Waals surface area contributed by atoms with Crippen LogP contribution >= 0.6 is 15.9 Å². The second-order valence-corrected chi connectivity index (χ2v) is 8.49. The van der Waals surface area contributed by atoms with Gasteiger partial charge in [0.1, 0.15) is 23.1 Å². The summed E-state index contributed by atoms with van der Waals surface area (Å²) in [7, 11) is -3.78. The summed E-state index contributed by atoms with van der Waals surface area (Å²) in [6.07, 6.45) is 0. The molecule has 0 saturated carbocycles. The molecule has 0 atom stereocenters. The lowest BCUT2D eigenvalue weighted by Crippen LogP contribution is -2.22. The fourth-order valence-electron chi connectivity index (χ4n) is 2.78. The number of hydrogen-bond acceptors (Lipinski definition) is 4. The lowest BCUT2D eigenvalue weighted by molar-refractivity contribution is 0.298. The summed E-state index contributed by atoms with van der Waals surface area (Å²) in [5.41, 5.74) is 1.49. The Hall–Kier alpha value is -2.71. The molecule has 0 aliphatic carbocycles. The molecule has 3 aromatic rings. The standard InChI is InChI=1S/C20H14BrFN2O3S/c21-15-11-13(9-10-18(15)27-12-14-5-1-2-6-16(14)22)20-23-17-7-3-4-8-19(17)28(25,26)24-20/h1-11H,12H2,(H,23,24). The molecule has 1 N–H and O–H groups in total. The molecular weight excluding hydrogens is 447 g/mol. The molecule has 142 valence electrons. The van der Waals surface area contributed by atoms with Gasteiger partial charge in [-0.15, -0.1) is 4.40 Å². The Morgan fingerprint density at radius 2 is 1.79 bits per heavy atom. The van der Waals surface area contributed by atoms with Gasteiger partial charge in [0, 0.05) is 11.1 Å². The van der Waals surface area contributed by atoms with E-state index in [1.807, 2.05) is 0 Å². The van der Waals surface area contributed by atoms with Gasteiger partial charge in [-0.3, -0.25) is 0 Å². The normalized spacial score (nSPS) is 14.6. The van der Waals surface area contributed by atoms with E-state index in [0.717, 1.165) is 0 Å². The van der Waals surface area contributed by atoms with E-state index in [-0.39, 0.29) is 23.2 Å². The van der Waals surface area contributed by atoms with Gasteiger partial charge in [0.2, 0.25) is 0 Å². The first-order valence-corrected chi connectivity index (χ1v) is 10.5. The Balaban J connectivity index is 1.59. The Bertz CT molecular complexity index is 1200. The summed E-state index contributed by atoms with van der Waals surface area (Å²) in [4.78, 5) is 0.141. The molecule has 28 heavy (non-hydrogen) atoms. The van der Waals surface area contributed by atoms with Crippen LogP contribution in [0, 0.1) is 5.82 Å². The highest BCUT2D eigenvalue weighted by Crippen LogP contribution is 2.31. The fraction of sp³-hybridized carbons (Fsp3) is 0.0500. The average Bonchev–Trinajstić information content (AvgIpc) is 2.67. The number of nitrogens with one attached hydrogen (secondary N) is 1. The van der Waals surface area contributed by atoms with Crippen LogP contribution < -0.4 is 10.1 Å². The summed E-state index contributed by atoms with van der Waals surface area (Å²) in [5, 5.41) is 3.04. The van der Waals surface area contributed by atoms with Crippen LogP contribution in [-0.2, 0) is 16.6 Å². The predicted octanol–water partition coefficient (Wildman–Crippen LogP) is 4.73. The third-order valence-electron chi connectivity index (χ3n) is 4.18. The highest BCUT2D eigenvalue weighted by Gasteiger charge is 2.25. The molecule has 5 nitrogen and oxygen atoms in total. The van der Waals surface area contributed by atoms with Gasteiger partial charge < -0.3 is 10.1 Å². The molecule has 0 saturated heterocycles. The van der Waals surface area contributed by atoms with Gasteiger partial charge in [0.15, 0.2) is 5.84 Å². The van der Waals surface area contributed by atoms with Crippen molar-refractivity contribution in [1.82, 2.24) is 0 Å². The van der Waals surface area contributed by atoms with Gasteiger partial charge in [0.05, 0.1) is 10.2 Å². The molecule has 1 aliphatic heterocycles. The summed E-state index contributed by atoms with van der Waals surface area (Å²) in [6, 6.07) is 18.0. The number of benzene rings is 3. The summed E-state index contributed by atoms with van der Waals surface area (Å²) in [6.45, 7) is 0.0750. The second kappa shape index (κ2) is 7.37. The van der Waals surface area contributed by atoms with Gasteiger partial charge in [0.25, 0.3) is 10.0 Å². The van der Waals surface area contributed by atoms with E-state index in [2.05, 4.69) is 25.6 Å². The van der Waals surface area contributed by atoms with Gasteiger partial charge in [-0.2, -0.15) is 8.42 Å². The summed E-state index contributed by atoms with van der Waals surface area (Å²) in [5.74, 6) is 0.395. The van der Waals surface area contributed by atoms with Gasteiger partial charge in [-0.1, -0.05) is 30.3 Å². The molecule has 4 rings (SSSR count). The Morgan fingerprint density at radius 1 is 1.04 bits per heavy atom. The largest absolute Gasteiger partial charge is 0.488 e. The van der Waals surface area contributed by atoms with Crippen molar-refractivity contribution in [1.29, 1.82) is 0 Å². The van der Waals surface area contributed by atoms with Gasteiger partial charge in [-0.25, -0.2) is 4.39 Å². The molecule has 0 aromatic heterocycles. The van der Waals surface area contributed by atoms with Crippen molar-refractivity contribution in [2.24, 2.45) is 4.40 Å². The Labute approximate surface area is 170 Å². The number of fused-ring (bicyclic) bond motifs is 1. The predicted molar refractivity (Wildman–Crippen MR) is 109 cm³/mol. The molecule has 8 heteroatoms. The van der Waals surface area contributed by atoms with Crippen LogP contribution in [0.4, 0.5) is 10.1 Å². The van der Waals surface area contributed by atoms with Crippen molar-refractivity contribution < 1.29 is 17.5 Å². The minimum Gasteiger partial charge on any atom is -0.488 e. The van der Waals surface area contributed by atoms with E-state index in [1.165, 1.54) is 12.1 Å². The van der Waals surface area contributed by atoms with E-state index in [1.54, 1.807) is 54.6 Å². The first kappa shape index (κ1) is 18.6. The van der Waals surface area contributed by atoms with Crippen LogP contribution in [0.2, 0.25) is 0 Å². The van der Waals surface area contributed by atoms with E-state index >= 15 is 0 Å². The lowest BCUT2D eigenvalue weighted by atomic mass is 10.2. The smallest absolute Gasteiger partial charge is 0.286 e. The first-order valence-electron chi connectivity index (χ1n) is 8.31. The molecule has 0 unspecified atom stereocenters. The summed E-state index contributed by atoms with van der Waals surface area (Å²) < 4.78 is 48.7. The van der Waals surface area contributed by atoms with Gasteiger partial charge in [-0.05, 0) is 52.3 Å². The zero-order valence-corrected chi connectivity index (χ0v) is 16.8. The maximum absolute atomic E-state index is 13.7. The van der Waals surface area contributed by atoms with E-state index in [0.29, 0.717) is 27.0 Å². The minimum absolute atomic E-state index is 0.0750. The van der Waals surface area contributed by atoms with Crippen LogP contribution in [0.1, 0.15) is 11.1 Å². The number of para-hydroxylation sites is 1. The van der Waals surface area contributed by atoms with Crippen LogP contribution in [-0.4, -0.2) is 14.3 Å². The highest BCUT2D eigenvalue weighted by molar-refractivity contribution is 9.10. The Morgan fingerprint density at radius 3 is 2.57 bits per heavy atom. The van der Waals surface area contributed by atoms with Crippen molar-refractivity contribution in [3.05, 3.63) is 88.1 Å². The monoisotopic (exact) mass is 460 g/mol. The number of halogens is 2. The van der Waals surface area contributed by atoms with Crippen LogP contribution in [0.5, 0.6) is 5.75 Å². The SMILES string of the molecule is O=S1(=O)N=C(c2ccc(OCc3ccccc3F)c(Br)c2)Nc2ccccc21. The number of ether oxygens (including phenoxy) is 1. The van der Waals surface area contributed by atoms with Crippen molar-refractivity contribution >= 4 is 37.5 Å². The van der Waals surface area contributed by atoms with Gasteiger partial charge >= 0.3 is 0 Å². The molecule has 0 radical (unpaired) electrons. The quantitative estimate of drug-likeness (QED) is 0.610. The molecular formula is C20H14BrFN2O3S. The minimum atomic E-state index is -3.78. The number of anilines is 1. The summed E-state index contributed by atoms with van der Waals surface area (Å²) >= 11 is 3.42. The van der Waals surface area contributed by atoms with E-state index in [4.69, 9.17) is 4.74 Å². The molecule has 3 aromatic carbocycles. The second-order valence-electron chi connectivity index (χ2n) is 6.06. The lowest BCUT2D eigenvalue weighted by Gasteiger charge is -2.18. The molecule has 0 spiro atoms. The van der Waals surface area contributed by atoms with Crippen LogP contribution in [0.3, 0.4) is 0 Å². The van der Waals surface area contributed by atoms with Crippen molar-refractivity contribution in [3.63, 3.8) is 0 Å². The molecule has 0 bridgehead atoms. The number of rotatable bonds is 4. The molecule has 0 fully saturated rings. The fourth-order valence-corrected chi connectivity index (χ4v) is 4.41. The maximum atomic E-state index is 13.7. The van der Waals surface area contributed by atoms with Crippen molar-refractivity contribution in [3.8, 4) is 5.75 Å². The number of hydrogen-bond donors (Lipinski definition) is 1. The van der Waals surface area contributed by atoms with Crippen LogP contribution in [0.15, 0.2) is 80.5 Å². The van der Waals surface area contributed by atoms with Crippen molar-refractivity contribution in [2.45, 2.75) is 11.5 Å². The van der Waals surface area contributed by atoms with E-state index in [9.17, 15) is 12.8 Å². The number of amidine groups is 1. The molecule has 1 heterocycles. The zero-order chi connectivity index (χ0) is 19.7.